The Balaban J connectivity index is 1.54. The molecule has 140 valence electrons. The molecule has 0 saturated heterocycles. The molecule has 2 aliphatic rings. The summed E-state index contributed by atoms with van der Waals surface area (Å²) in [5.74, 6) is 0.326. The minimum absolute atomic E-state index is 0.102. The van der Waals surface area contributed by atoms with Crippen molar-refractivity contribution in [2.75, 3.05) is 13.2 Å². The van der Waals surface area contributed by atoms with Gasteiger partial charge in [0.1, 0.15) is 0 Å². The van der Waals surface area contributed by atoms with E-state index in [1.165, 1.54) is 11.8 Å². The molecule has 0 amide bonds. The second kappa shape index (κ2) is 6.37. The number of nitrogens with one attached hydrogen (secondary N) is 1. The monoisotopic (exact) mass is 376 g/mol. The van der Waals surface area contributed by atoms with Crippen LogP contribution in [0.1, 0.15) is 36.9 Å². The number of nitrogens with two attached hydrogens (primary N) is 1. The molecule has 8 heteroatoms. The third-order valence-corrected chi connectivity index (χ3v) is 6.96. The topological polar surface area (TPSA) is 99.2 Å². The van der Waals surface area contributed by atoms with Gasteiger partial charge in [-0.2, -0.15) is 5.10 Å². The quantitative estimate of drug-likeness (QED) is 0.844. The van der Waals surface area contributed by atoms with Crippen LogP contribution in [0.2, 0.25) is 0 Å². The zero-order valence-corrected chi connectivity index (χ0v) is 15.6. The van der Waals surface area contributed by atoms with Crippen molar-refractivity contribution in [2.45, 2.75) is 43.7 Å². The molecule has 2 atom stereocenters. The van der Waals surface area contributed by atoms with Crippen LogP contribution in [0.5, 0.6) is 5.88 Å². The third kappa shape index (κ3) is 2.91. The van der Waals surface area contributed by atoms with E-state index in [-0.39, 0.29) is 22.9 Å². The molecule has 2 aromatic rings. The minimum Gasteiger partial charge on any atom is -0.477 e. The molecule has 1 aromatic heterocycles. The SMILES string of the molecule is CC1(CNS(=O)(=O)c2cnn3c2OCCC3)CCc2ccccc2C1N. The Morgan fingerprint density at radius 3 is 3.08 bits per heavy atom. The highest BCUT2D eigenvalue weighted by molar-refractivity contribution is 7.89. The maximum atomic E-state index is 12.8. The lowest BCUT2D eigenvalue weighted by molar-refractivity contribution is 0.219. The molecular weight excluding hydrogens is 352 g/mol. The van der Waals surface area contributed by atoms with Crippen molar-refractivity contribution >= 4 is 10.0 Å². The van der Waals surface area contributed by atoms with Gasteiger partial charge in [-0.05, 0) is 24.0 Å². The largest absolute Gasteiger partial charge is 0.477 e. The van der Waals surface area contributed by atoms with Crippen LogP contribution >= 0.6 is 0 Å². The van der Waals surface area contributed by atoms with Gasteiger partial charge in [0.2, 0.25) is 15.9 Å². The van der Waals surface area contributed by atoms with Crippen molar-refractivity contribution in [3.8, 4) is 5.88 Å². The van der Waals surface area contributed by atoms with Gasteiger partial charge in [0.25, 0.3) is 0 Å². The standard InChI is InChI=1S/C18H24N4O3S/c1-18(8-7-13-5-2-3-6-14(13)16(18)19)12-21-26(23,24)15-11-20-22-9-4-10-25-17(15)22/h2-3,5-6,11,16,21H,4,7-10,12,19H2,1H3. The molecule has 4 rings (SSSR count). The Morgan fingerprint density at radius 2 is 2.23 bits per heavy atom. The summed E-state index contributed by atoms with van der Waals surface area (Å²) in [5.41, 5.74) is 8.51. The van der Waals surface area contributed by atoms with Crippen LogP contribution in [0.15, 0.2) is 35.4 Å². The molecule has 0 bridgehead atoms. The van der Waals surface area contributed by atoms with E-state index in [4.69, 9.17) is 10.5 Å². The predicted molar refractivity (Wildman–Crippen MR) is 97.3 cm³/mol. The number of nitrogens with zero attached hydrogens (tertiary/aromatic N) is 2. The summed E-state index contributed by atoms with van der Waals surface area (Å²) in [5, 5.41) is 4.13. The lowest BCUT2D eigenvalue weighted by Crippen LogP contribution is -2.45. The summed E-state index contributed by atoms with van der Waals surface area (Å²) < 4.78 is 35.5. The van der Waals surface area contributed by atoms with Crippen LogP contribution in [0.4, 0.5) is 0 Å². The molecule has 2 heterocycles. The van der Waals surface area contributed by atoms with E-state index in [0.29, 0.717) is 19.0 Å². The Hall–Kier alpha value is -1.90. The zero-order chi connectivity index (χ0) is 18.4. The smallest absolute Gasteiger partial charge is 0.247 e. The molecule has 26 heavy (non-hydrogen) atoms. The third-order valence-electron chi connectivity index (χ3n) is 5.57. The van der Waals surface area contributed by atoms with Crippen molar-refractivity contribution in [3.05, 3.63) is 41.6 Å². The highest BCUT2D eigenvalue weighted by Crippen LogP contribution is 2.42. The number of aromatic nitrogens is 2. The van der Waals surface area contributed by atoms with Crippen molar-refractivity contribution < 1.29 is 13.2 Å². The van der Waals surface area contributed by atoms with Crippen LogP contribution in [-0.4, -0.2) is 31.3 Å². The number of rotatable bonds is 4. The Morgan fingerprint density at radius 1 is 1.42 bits per heavy atom. The lowest BCUT2D eigenvalue weighted by Gasteiger charge is -2.40. The van der Waals surface area contributed by atoms with E-state index in [1.807, 2.05) is 25.1 Å². The molecule has 1 aliphatic heterocycles. The molecular formula is C18H24N4O3S. The summed E-state index contributed by atoms with van der Waals surface area (Å²) >= 11 is 0. The number of benzene rings is 1. The fourth-order valence-electron chi connectivity index (χ4n) is 3.78. The number of sulfonamides is 1. The number of fused-ring (bicyclic) bond motifs is 2. The first kappa shape index (κ1) is 17.5. The van der Waals surface area contributed by atoms with Crippen LogP contribution < -0.4 is 15.2 Å². The second-order valence-corrected chi connectivity index (χ2v) is 9.13. The second-order valence-electron chi connectivity index (χ2n) is 7.39. The van der Waals surface area contributed by atoms with Gasteiger partial charge in [0.05, 0.1) is 12.8 Å². The van der Waals surface area contributed by atoms with Crippen molar-refractivity contribution in [1.82, 2.24) is 14.5 Å². The van der Waals surface area contributed by atoms with Gasteiger partial charge >= 0.3 is 0 Å². The van der Waals surface area contributed by atoms with Gasteiger partial charge in [-0.1, -0.05) is 31.2 Å². The molecule has 0 radical (unpaired) electrons. The molecule has 3 N–H and O–H groups in total. The fraction of sp³-hybridized carbons (Fsp3) is 0.500. The lowest BCUT2D eigenvalue weighted by atomic mass is 9.69. The summed E-state index contributed by atoms with van der Waals surface area (Å²) in [6.45, 7) is 3.49. The van der Waals surface area contributed by atoms with Gasteiger partial charge in [0.15, 0.2) is 4.90 Å². The molecule has 2 unspecified atom stereocenters. The normalized spacial score (nSPS) is 25.2. The number of hydrogen-bond donors (Lipinski definition) is 2. The molecule has 7 nitrogen and oxygen atoms in total. The van der Waals surface area contributed by atoms with Crippen molar-refractivity contribution in [1.29, 1.82) is 0 Å². The fourth-order valence-corrected chi connectivity index (χ4v) is 5.04. The van der Waals surface area contributed by atoms with Gasteiger partial charge in [0, 0.05) is 31.0 Å². The van der Waals surface area contributed by atoms with Crippen LogP contribution in [-0.2, 0) is 23.0 Å². The van der Waals surface area contributed by atoms with Gasteiger partial charge < -0.3 is 10.5 Å². The van der Waals surface area contributed by atoms with Gasteiger partial charge in [-0.15, -0.1) is 0 Å². The molecule has 0 spiro atoms. The average Bonchev–Trinajstić information content (AvgIpc) is 3.09. The maximum Gasteiger partial charge on any atom is 0.247 e. The average molecular weight is 376 g/mol. The highest BCUT2D eigenvalue weighted by Gasteiger charge is 2.38. The first-order valence-corrected chi connectivity index (χ1v) is 10.4. The number of ether oxygens (including phenoxy) is 1. The Bertz CT molecular complexity index is 924. The van der Waals surface area contributed by atoms with Crippen molar-refractivity contribution in [2.24, 2.45) is 11.1 Å². The first-order chi connectivity index (χ1) is 12.4. The summed E-state index contributed by atoms with van der Waals surface area (Å²) in [6, 6.07) is 7.90. The van der Waals surface area contributed by atoms with Gasteiger partial charge in [-0.3, -0.25) is 0 Å². The first-order valence-electron chi connectivity index (χ1n) is 8.92. The van der Waals surface area contributed by atoms with E-state index in [9.17, 15) is 8.42 Å². The highest BCUT2D eigenvalue weighted by atomic mass is 32.2. The Kier molecular flexibility index (Phi) is 4.29. The van der Waals surface area contributed by atoms with Crippen LogP contribution in [0.3, 0.4) is 0 Å². The van der Waals surface area contributed by atoms with E-state index in [2.05, 4.69) is 15.9 Å². The summed E-state index contributed by atoms with van der Waals surface area (Å²) in [4.78, 5) is 0.102. The molecule has 0 saturated carbocycles. The van der Waals surface area contributed by atoms with Crippen molar-refractivity contribution in [3.63, 3.8) is 0 Å². The number of aryl methyl sites for hydroxylation is 2. The van der Waals surface area contributed by atoms with E-state index < -0.39 is 10.0 Å². The summed E-state index contributed by atoms with van der Waals surface area (Å²) in [6.07, 6.45) is 3.92. The maximum absolute atomic E-state index is 12.8. The van der Waals surface area contributed by atoms with E-state index in [0.717, 1.165) is 24.8 Å². The minimum atomic E-state index is -3.71. The summed E-state index contributed by atoms with van der Waals surface area (Å²) in [7, 11) is -3.71. The van der Waals surface area contributed by atoms with Crippen LogP contribution in [0.25, 0.3) is 0 Å². The molecule has 0 fully saturated rings. The van der Waals surface area contributed by atoms with E-state index in [1.54, 1.807) is 4.68 Å². The van der Waals surface area contributed by atoms with Crippen LogP contribution in [0, 0.1) is 5.41 Å². The Labute approximate surface area is 153 Å². The predicted octanol–water partition coefficient (Wildman–Crippen LogP) is 1.60. The molecule has 1 aliphatic carbocycles. The van der Waals surface area contributed by atoms with E-state index >= 15 is 0 Å². The molecule has 1 aromatic carbocycles. The zero-order valence-electron chi connectivity index (χ0n) is 14.8. The van der Waals surface area contributed by atoms with Gasteiger partial charge in [-0.25, -0.2) is 17.8 Å². The number of hydrogen-bond acceptors (Lipinski definition) is 5.